The third-order valence-electron chi connectivity index (χ3n) is 5.41. The lowest BCUT2D eigenvalue weighted by molar-refractivity contribution is -0.118. The van der Waals surface area contributed by atoms with Gasteiger partial charge in [0.05, 0.1) is 10.6 Å². The summed E-state index contributed by atoms with van der Waals surface area (Å²) in [4.78, 5) is 14.1. The van der Waals surface area contributed by atoms with Crippen molar-refractivity contribution in [1.29, 1.82) is 0 Å². The first-order valence-corrected chi connectivity index (χ1v) is 11.8. The Bertz CT molecular complexity index is 982. The Morgan fingerprint density at radius 3 is 2.38 bits per heavy atom. The second-order valence-corrected chi connectivity index (χ2v) is 9.63. The zero-order chi connectivity index (χ0) is 21.2. The van der Waals surface area contributed by atoms with Crippen molar-refractivity contribution in [2.45, 2.75) is 57.8 Å². The molecule has 1 amide bonds. The maximum absolute atomic E-state index is 13.5. The van der Waals surface area contributed by atoms with Gasteiger partial charge in [0.2, 0.25) is 5.91 Å². The average Bonchev–Trinajstić information content (AvgIpc) is 3.14. The van der Waals surface area contributed by atoms with E-state index in [-0.39, 0.29) is 10.8 Å². The first-order chi connectivity index (χ1) is 13.8. The maximum Gasteiger partial charge on any atom is 0.264 e. The molecule has 0 spiro atoms. The second-order valence-electron chi connectivity index (χ2n) is 7.76. The molecule has 29 heavy (non-hydrogen) atoms. The van der Waals surface area contributed by atoms with Crippen molar-refractivity contribution in [3.8, 4) is 0 Å². The number of carbonyl (C=O) groups excluding carboxylic acids is 1. The Morgan fingerprint density at radius 1 is 1.10 bits per heavy atom. The topological polar surface area (TPSA) is 57.7 Å². The van der Waals surface area contributed by atoms with E-state index in [0.29, 0.717) is 37.5 Å². The molecule has 2 aromatic carbocycles. The molecular weight excluding hydrogens is 384 g/mol. The van der Waals surface area contributed by atoms with Crippen molar-refractivity contribution in [1.82, 2.24) is 0 Å². The largest absolute Gasteiger partial charge is 0.312 e. The van der Waals surface area contributed by atoms with E-state index in [9.17, 15) is 13.2 Å². The van der Waals surface area contributed by atoms with Gasteiger partial charge in [-0.15, -0.1) is 0 Å². The molecule has 0 aliphatic carbocycles. The SMILES string of the molecule is CCCN(c1ccc(C(C)C)cc1)S(=O)(=O)c1ccc2c(c1)CCN2C(=O)CC. The van der Waals surface area contributed by atoms with Crippen LogP contribution < -0.4 is 9.21 Å². The fourth-order valence-corrected chi connectivity index (χ4v) is 5.34. The first kappa shape index (κ1) is 21.4. The molecule has 0 saturated carbocycles. The van der Waals surface area contributed by atoms with E-state index < -0.39 is 10.0 Å². The van der Waals surface area contributed by atoms with Gasteiger partial charge in [0.1, 0.15) is 0 Å². The summed E-state index contributed by atoms with van der Waals surface area (Å²) in [6.45, 7) is 9.08. The average molecular weight is 415 g/mol. The number of fused-ring (bicyclic) bond motifs is 1. The summed E-state index contributed by atoms with van der Waals surface area (Å²) in [5, 5.41) is 0. The quantitative estimate of drug-likeness (QED) is 0.659. The Morgan fingerprint density at radius 2 is 1.79 bits per heavy atom. The van der Waals surface area contributed by atoms with Crippen molar-refractivity contribution < 1.29 is 13.2 Å². The van der Waals surface area contributed by atoms with Crippen molar-refractivity contribution in [3.63, 3.8) is 0 Å². The van der Waals surface area contributed by atoms with Crippen molar-refractivity contribution >= 4 is 27.3 Å². The molecule has 1 aliphatic rings. The van der Waals surface area contributed by atoms with E-state index in [1.807, 2.05) is 38.1 Å². The Hall–Kier alpha value is -2.34. The summed E-state index contributed by atoms with van der Waals surface area (Å²) in [5.41, 5.74) is 3.61. The third-order valence-corrected chi connectivity index (χ3v) is 7.24. The van der Waals surface area contributed by atoms with Crippen LogP contribution in [0.3, 0.4) is 0 Å². The molecular formula is C23H30N2O3S. The summed E-state index contributed by atoms with van der Waals surface area (Å²) in [5.74, 6) is 0.461. The number of nitrogens with zero attached hydrogens (tertiary/aromatic N) is 2. The number of benzene rings is 2. The fourth-order valence-electron chi connectivity index (χ4n) is 3.73. The van der Waals surface area contributed by atoms with Gasteiger partial charge in [0.15, 0.2) is 0 Å². The molecule has 156 valence electrons. The van der Waals surface area contributed by atoms with Gasteiger partial charge in [0, 0.05) is 25.2 Å². The van der Waals surface area contributed by atoms with Gasteiger partial charge in [-0.3, -0.25) is 9.10 Å². The van der Waals surface area contributed by atoms with E-state index in [2.05, 4.69) is 13.8 Å². The molecule has 1 heterocycles. The predicted octanol–water partition coefficient (Wildman–Crippen LogP) is 4.71. The predicted molar refractivity (Wildman–Crippen MR) is 118 cm³/mol. The first-order valence-electron chi connectivity index (χ1n) is 10.4. The minimum atomic E-state index is -3.68. The molecule has 0 fully saturated rings. The third kappa shape index (κ3) is 4.17. The number of anilines is 2. The molecule has 0 aromatic heterocycles. The van der Waals surface area contributed by atoms with Gasteiger partial charge in [-0.25, -0.2) is 8.42 Å². The second kappa shape index (κ2) is 8.57. The monoisotopic (exact) mass is 414 g/mol. The van der Waals surface area contributed by atoms with E-state index in [0.717, 1.165) is 17.7 Å². The highest BCUT2D eigenvalue weighted by Crippen LogP contribution is 2.33. The molecule has 1 aliphatic heterocycles. The van der Waals surface area contributed by atoms with Gasteiger partial charge >= 0.3 is 0 Å². The molecule has 0 unspecified atom stereocenters. The van der Waals surface area contributed by atoms with Crippen LogP contribution in [-0.2, 0) is 21.2 Å². The van der Waals surface area contributed by atoms with Crippen LogP contribution in [0, 0.1) is 0 Å². The number of rotatable bonds is 7. The van der Waals surface area contributed by atoms with Gasteiger partial charge < -0.3 is 4.90 Å². The minimum absolute atomic E-state index is 0.0669. The van der Waals surface area contributed by atoms with Crippen LogP contribution in [0.25, 0.3) is 0 Å². The maximum atomic E-state index is 13.5. The van der Waals surface area contributed by atoms with Gasteiger partial charge in [0.25, 0.3) is 10.0 Å². The summed E-state index contributed by atoms with van der Waals surface area (Å²) in [7, 11) is -3.68. The molecule has 2 aromatic rings. The summed E-state index contributed by atoms with van der Waals surface area (Å²) >= 11 is 0. The number of sulfonamides is 1. The minimum Gasteiger partial charge on any atom is -0.312 e. The normalized spacial score (nSPS) is 13.6. The van der Waals surface area contributed by atoms with E-state index in [4.69, 9.17) is 0 Å². The van der Waals surface area contributed by atoms with Crippen LogP contribution in [0.2, 0.25) is 0 Å². The molecule has 3 rings (SSSR count). The number of carbonyl (C=O) groups is 1. The smallest absolute Gasteiger partial charge is 0.264 e. The lowest BCUT2D eigenvalue weighted by Crippen LogP contribution is -2.32. The molecule has 0 bridgehead atoms. The molecule has 6 heteroatoms. The van der Waals surface area contributed by atoms with Gasteiger partial charge in [-0.1, -0.05) is 39.8 Å². The number of hydrogen-bond acceptors (Lipinski definition) is 3. The van der Waals surface area contributed by atoms with Crippen LogP contribution in [-0.4, -0.2) is 27.4 Å². The highest BCUT2D eigenvalue weighted by molar-refractivity contribution is 7.92. The van der Waals surface area contributed by atoms with Crippen LogP contribution in [0.1, 0.15) is 57.6 Å². The molecule has 0 saturated heterocycles. The zero-order valence-electron chi connectivity index (χ0n) is 17.7. The Balaban J connectivity index is 1.96. The zero-order valence-corrected chi connectivity index (χ0v) is 18.5. The number of hydrogen-bond donors (Lipinski definition) is 0. The summed E-state index contributed by atoms with van der Waals surface area (Å²) in [6.07, 6.45) is 1.84. The number of amides is 1. The van der Waals surface area contributed by atoms with Crippen LogP contribution in [0.5, 0.6) is 0 Å². The fraction of sp³-hybridized carbons (Fsp3) is 0.435. The van der Waals surface area contributed by atoms with Crippen molar-refractivity contribution in [2.24, 2.45) is 0 Å². The van der Waals surface area contributed by atoms with Crippen molar-refractivity contribution in [2.75, 3.05) is 22.3 Å². The van der Waals surface area contributed by atoms with Gasteiger partial charge in [-0.2, -0.15) is 0 Å². The van der Waals surface area contributed by atoms with Crippen molar-refractivity contribution in [3.05, 3.63) is 53.6 Å². The van der Waals surface area contributed by atoms with E-state index >= 15 is 0 Å². The molecule has 5 nitrogen and oxygen atoms in total. The standard InChI is InChI=1S/C23H30N2O3S/c1-5-14-25(20-9-7-18(8-10-20)17(3)4)29(27,28)21-11-12-22-19(16-21)13-15-24(22)23(26)6-2/h7-12,16-17H,5-6,13-15H2,1-4H3. The Kier molecular flexibility index (Phi) is 6.32. The van der Waals surface area contributed by atoms with Gasteiger partial charge in [-0.05, 0) is 60.2 Å². The lowest BCUT2D eigenvalue weighted by Gasteiger charge is -2.25. The Labute approximate surface area is 174 Å². The highest BCUT2D eigenvalue weighted by Gasteiger charge is 2.29. The lowest BCUT2D eigenvalue weighted by atomic mass is 10.0. The molecule has 0 radical (unpaired) electrons. The van der Waals surface area contributed by atoms with Crippen LogP contribution in [0.4, 0.5) is 11.4 Å². The van der Waals surface area contributed by atoms with E-state index in [1.54, 1.807) is 23.1 Å². The van der Waals surface area contributed by atoms with Crippen LogP contribution in [0.15, 0.2) is 47.4 Å². The molecule has 0 atom stereocenters. The van der Waals surface area contributed by atoms with Crippen LogP contribution >= 0.6 is 0 Å². The highest BCUT2D eigenvalue weighted by atomic mass is 32.2. The summed E-state index contributed by atoms with van der Waals surface area (Å²) in [6, 6.07) is 12.9. The molecule has 0 N–H and O–H groups in total. The van der Waals surface area contributed by atoms with E-state index in [1.165, 1.54) is 9.87 Å². The summed E-state index contributed by atoms with van der Waals surface area (Å²) < 4.78 is 28.4.